The van der Waals surface area contributed by atoms with Gasteiger partial charge in [-0.1, -0.05) is 12.1 Å². The first kappa shape index (κ1) is 9.40. The van der Waals surface area contributed by atoms with E-state index in [9.17, 15) is 8.78 Å². The SMILES string of the molecule is NCC(F)(F)c1ccc2c(c1)OCC2. The van der Waals surface area contributed by atoms with Gasteiger partial charge in [0.1, 0.15) is 5.75 Å². The molecule has 0 bridgehead atoms. The van der Waals surface area contributed by atoms with Gasteiger partial charge in [-0.2, -0.15) is 8.78 Å². The molecule has 0 saturated carbocycles. The molecule has 0 spiro atoms. The van der Waals surface area contributed by atoms with Crippen molar-refractivity contribution in [3.63, 3.8) is 0 Å². The number of rotatable bonds is 2. The van der Waals surface area contributed by atoms with E-state index in [2.05, 4.69) is 0 Å². The van der Waals surface area contributed by atoms with E-state index < -0.39 is 12.5 Å². The lowest BCUT2D eigenvalue weighted by Crippen LogP contribution is -2.24. The first-order valence-electron chi connectivity index (χ1n) is 4.47. The monoisotopic (exact) mass is 199 g/mol. The Morgan fingerprint density at radius 1 is 1.43 bits per heavy atom. The summed E-state index contributed by atoms with van der Waals surface area (Å²) in [7, 11) is 0. The molecule has 0 saturated heterocycles. The molecule has 1 aromatic carbocycles. The van der Waals surface area contributed by atoms with Gasteiger partial charge in [-0.25, -0.2) is 0 Å². The summed E-state index contributed by atoms with van der Waals surface area (Å²) in [5.74, 6) is -2.39. The van der Waals surface area contributed by atoms with Crippen LogP contribution < -0.4 is 10.5 Å². The van der Waals surface area contributed by atoms with Crippen LogP contribution in [0.1, 0.15) is 11.1 Å². The number of fused-ring (bicyclic) bond motifs is 1. The van der Waals surface area contributed by atoms with E-state index in [1.807, 2.05) is 0 Å². The quantitative estimate of drug-likeness (QED) is 0.786. The number of hydrogen-bond donors (Lipinski definition) is 1. The van der Waals surface area contributed by atoms with Crippen molar-refractivity contribution in [2.45, 2.75) is 12.3 Å². The minimum absolute atomic E-state index is 0.0688. The van der Waals surface area contributed by atoms with E-state index in [-0.39, 0.29) is 5.56 Å². The van der Waals surface area contributed by atoms with Gasteiger partial charge in [-0.3, -0.25) is 0 Å². The highest BCUT2D eigenvalue weighted by atomic mass is 19.3. The van der Waals surface area contributed by atoms with Crippen molar-refractivity contribution in [3.8, 4) is 5.75 Å². The van der Waals surface area contributed by atoms with Gasteiger partial charge in [-0.15, -0.1) is 0 Å². The van der Waals surface area contributed by atoms with Gasteiger partial charge < -0.3 is 10.5 Å². The second-order valence-electron chi connectivity index (χ2n) is 3.33. The molecule has 0 aliphatic carbocycles. The van der Waals surface area contributed by atoms with Crippen LogP contribution in [0.3, 0.4) is 0 Å². The number of hydrogen-bond acceptors (Lipinski definition) is 2. The highest BCUT2D eigenvalue weighted by Crippen LogP contribution is 2.33. The Bertz CT molecular complexity index is 352. The van der Waals surface area contributed by atoms with E-state index in [1.165, 1.54) is 12.1 Å². The summed E-state index contributed by atoms with van der Waals surface area (Å²) >= 11 is 0. The first-order chi connectivity index (χ1) is 6.63. The summed E-state index contributed by atoms with van der Waals surface area (Å²) in [4.78, 5) is 0. The third-order valence-corrected chi connectivity index (χ3v) is 2.37. The fourth-order valence-electron chi connectivity index (χ4n) is 1.51. The number of halogens is 2. The molecule has 76 valence electrons. The topological polar surface area (TPSA) is 35.2 Å². The van der Waals surface area contributed by atoms with Crippen LogP contribution in [-0.4, -0.2) is 13.2 Å². The van der Waals surface area contributed by atoms with Crippen molar-refractivity contribution in [1.82, 2.24) is 0 Å². The van der Waals surface area contributed by atoms with Gasteiger partial charge in [0.25, 0.3) is 5.92 Å². The maximum absolute atomic E-state index is 13.2. The Kier molecular flexibility index (Phi) is 2.15. The summed E-state index contributed by atoms with van der Waals surface area (Å²) in [6.07, 6.45) is 0.795. The molecule has 1 aromatic rings. The van der Waals surface area contributed by atoms with Crippen molar-refractivity contribution in [2.24, 2.45) is 5.73 Å². The lowest BCUT2D eigenvalue weighted by Gasteiger charge is -2.14. The van der Waals surface area contributed by atoms with Crippen LogP contribution in [-0.2, 0) is 12.3 Å². The molecule has 2 N–H and O–H groups in total. The largest absolute Gasteiger partial charge is 0.493 e. The molecule has 0 radical (unpaired) electrons. The van der Waals surface area contributed by atoms with E-state index in [4.69, 9.17) is 10.5 Å². The summed E-state index contributed by atoms with van der Waals surface area (Å²) in [6, 6.07) is 4.48. The Balaban J connectivity index is 2.38. The van der Waals surface area contributed by atoms with Crippen molar-refractivity contribution < 1.29 is 13.5 Å². The highest BCUT2D eigenvalue weighted by Gasteiger charge is 2.30. The summed E-state index contributed by atoms with van der Waals surface area (Å²) in [5, 5.41) is 0. The molecule has 1 aliphatic heterocycles. The zero-order chi connectivity index (χ0) is 10.2. The average Bonchev–Trinajstić information content (AvgIpc) is 2.64. The predicted octanol–water partition coefficient (Wildman–Crippen LogP) is 1.67. The van der Waals surface area contributed by atoms with Crippen LogP contribution in [0.25, 0.3) is 0 Å². The molecular formula is C10H11F2NO. The van der Waals surface area contributed by atoms with Gasteiger partial charge >= 0.3 is 0 Å². The standard InChI is InChI=1S/C10H11F2NO/c11-10(12,6-13)8-2-1-7-3-4-14-9(7)5-8/h1-2,5H,3-4,6,13H2. The van der Waals surface area contributed by atoms with E-state index in [0.717, 1.165) is 12.0 Å². The highest BCUT2D eigenvalue weighted by molar-refractivity contribution is 5.41. The van der Waals surface area contributed by atoms with Gasteiger partial charge in [-0.05, 0) is 11.6 Å². The second kappa shape index (κ2) is 3.20. The Labute approximate surface area is 80.7 Å². The molecule has 4 heteroatoms. The maximum Gasteiger partial charge on any atom is 0.285 e. The normalized spacial score (nSPS) is 15.1. The molecule has 0 amide bonds. The molecule has 1 aliphatic rings. The molecule has 0 unspecified atom stereocenters. The van der Waals surface area contributed by atoms with Crippen LogP contribution in [0, 0.1) is 0 Å². The van der Waals surface area contributed by atoms with Gasteiger partial charge in [0.15, 0.2) is 0 Å². The maximum atomic E-state index is 13.2. The second-order valence-corrected chi connectivity index (χ2v) is 3.33. The summed E-state index contributed by atoms with van der Waals surface area (Å²) in [5.41, 5.74) is 5.91. The zero-order valence-corrected chi connectivity index (χ0v) is 7.59. The van der Waals surface area contributed by atoms with Crippen molar-refractivity contribution in [1.29, 1.82) is 0 Å². The smallest absolute Gasteiger partial charge is 0.285 e. The molecule has 0 aromatic heterocycles. The van der Waals surface area contributed by atoms with E-state index in [0.29, 0.717) is 12.4 Å². The lowest BCUT2D eigenvalue weighted by atomic mass is 10.0. The molecule has 2 rings (SSSR count). The van der Waals surface area contributed by atoms with Crippen molar-refractivity contribution in [3.05, 3.63) is 29.3 Å². The van der Waals surface area contributed by atoms with Gasteiger partial charge in [0.2, 0.25) is 0 Å². The van der Waals surface area contributed by atoms with Crippen LogP contribution in [0.2, 0.25) is 0 Å². The third-order valence-electron chi connectivity index (χ3n) is 2.37. The number of alkyl halides is 2. The summed E-state index contributed by atoms with van der Waals surface area (Å²) < 4.78 is 31.6. The van der Waals surface area contributed by atoms with Crippen LogP contribution >= 0.6 is 0 Å². The Morgan fingerprint density at radius 2 is 2.21 bits per heavy atom. The number of benzene rings is 1. The van der Waals surface area contributed by atoms with Gasteiger partial charge in [0, 0.05) is 12.0 Å². The van der Waals surface area contributed by atoms with Crippen molar-refractivity contribution in [2.75, 3.05) is 13.2 Å². The molecule has 0 atom stereocenters. The minimum Gasteiger partial charge on any atom is -0.493 e. The average molecular weight is 199 g/mol. The van der Waals surface area contributed by atoms with Crippen molar-refractivity contribution >= 4 is 0 Å². The molecule has 0 fully saturated rings. The fourth-order valence-corrected chi connectivity index (χ4v) is 1.51. The molecule has 1 heterocycles. The summed E-state index contributed by atoms with van der Waals surface area (Å²) in [6.45, 7) is -0.0984. The predicted molar refractivity (Wildman–Crippen MR) is 48.6 cm³/mol. The lowest BCUT2D eigenvalue weighted by molar-refractivity contribution is 0.00577. The third kappa shape index (κ3) is 1.46. The molecule has 2 nitrogen and oxygen atoms in total. The van der Waals surface area contributed by atoms with E-state index in [1.54, 1.807) is 6.07 Å². The fraction of sp³-hybridized carbons (Fsp3) is 0.400. The van der Waals surface area contributed by atoms with E-state index >= 15 is 0 Å². The Morgan fingerprint density at radius 3 is 2.93 bits per heavy atom. The molecule has 14 heavy (non-hydrogen) atoms. The number of nitrogens with two attached hydrogens (primary N) is 1. The number of ether oxygens (including phenoxy) is 1. The van der Waals surface area contributed by atoms with Crippen LogP contribution in [0.5, 0.6) is 5.75 Å². The van der Waals surface area contributed by atoms with Gasteiger partial charge in [0.05, 0.1) is 13.2 Å². The Hall–Kier alpha value is -1.16. The van der Waals surface area contributed by atoms with Crippen LogP contribution in [0.15, 0.2) is 18.2 Å². The molecular weight excluding hydrogens is 188 g/mol. The van der Waals surface area contributed by atoms with Crippen LogP contribution in [0.4, 0.5) is 8.78 Å². The first-order valence-corrected chi connectivity index (χ1v) is 4.47. The zero-order valence-electron chi connectivity index (χ0n) is 7.59. The minimum atomic E-state index is -2.96.